The SMILES string of the molecule is COc1ccc([C@@H]2C3=C(CC(C)(C)CC3=O)Nc3nc(SC)nn32)c(OC)c1. The smallest absolute Gasteiger partial charge is 0.227 e. The minimum absolute atomic E-state index is 0.0952. The summed E-state index contributed by atoms with van der Waals surface area (Å²) in [7, 11) is 3.24. The molecule has 0 amide bonds. The van der Waals surface area contributed by atoms with Gasteiger partial charge in [-0.2, -0.15) is 4.98 Å². The zero-order chi connectivity index (χ0) is 20.1. The van der Waals surface area contributed by atoms with Gasteiger partial charge in [-0.3, -0.25) is 4.79 Å². The molecule has 0 spiro atoms. The lowest BCUT2D eigenvalue weighted by Crippen LogP contribution is -2.36. The van der Waals surface area contributed by atoms with Gasteiger partial charge in [0.2, 0.25) is 11.1 Å². The fourth-order valence-corrected chi connectivity index (χ4v) is 4.36. The summed E-state index contributed by atoms with van der Waals surface area (Å²) in [5, 5.41) is 8.67. The van der Waals surface area contributed by atoms with E-state index >= 15 is 0 Å². The van der Waals surface area contributed by atoms with Gasteiger partial charge in [-0.1, -0.05) is 25.6 Å². The molecule has 0 bridgehead atoms. The summed E-state index contributed by atoms with van der Waals surface area (Å²) in [6.07, 6.45) is 3.22. The van der Waals surface area contributed by atoms with Crippen LogP contribution in [0.25, 0.3) is 0 Å². The Morgan fingerprint density at radius 1 is 1.25 bits per heavy atom. The Morgan fingerprint density at radius 3 is 2.71 bits per heavy atom. The molecule has 2 aliphatic rings. The summed E-state index contributed by atoms with van der Waals surface area (Å²) in [6.45, 7) is 4.23. The average molecular weight is 401 g/mol. The number of ketones is 1. The van der Waals surface area contributed by atoms with E-state index in [-0.39, 0.29) is 17.2 Å². The van der Waals surface area contributed by atoms with E-state index in [1.165, 1.54) is 11.8 Å². The molecule has 28 heavy (non-hydrogen) atoms. The first kappa shape index (κ1) is 18.9. The molecule has 1 atom stereocenters. The van der Waals surface area contributed by atoms with E-state index in [1.807, 2.05) is 24.5 Å². The van der Waals surface area contributed by atoms with E-state index in [0.29, 0.717) is 29.0 Å². The molecule has 0 saturated carbocycles. The summed E-state index contributed by atoms with van der Waals surface area (Å²) in [5.41, 5.74) is 2.44. The number of anilines is 1. The fourth-order valence-electron chi connectivity index (χ4n) is 4.01. The molecule has 8 heteroatoms. The van der Waals surface area contributed by atoms with Crippen LogP contribution in [0.1, 0.15) is 38.3 Å². The fraction of sp³-hybridized carbons (Fsp3) is 0.450. The molecule has 0 radical (unpaired) electrons. The Labute approximate surface area is 168 Å². The van der Waals surface area contributed by atoms with Gasteiger partial charge in [-0.25, -0.2) is 4.68 Å². The summed E-state index contributed by atoms with van der Waals surface area (Å²) < 4.78 is 12.8. The number of ether oxygens (including phenoxy) is 2. The highest BCUT2D eigenvalue weighted by Crippen LogP contribution is 2.47. The maximum atomic E-state index is 13.2. The minimum atomic E-state index is -0.385. The van der Waals surface area contributed by atoms with Crippen LogP contribution < -0.4 is 14.8 Å². The number of hydrogen-bond donors (Lipinski definition) is 1. The maximum absolute atomic E-state index is 13.2. The number of thioether (sulfide) groups is 1. The summed E-state index contributed by atoms with van der Waals surface area (Å²) >= 11 is 1.47. The topological polar surface area (TPSA) is 78.3 Å². The zero-order valence-corrected chi connectivity index (χ0v) is 17.5. The molecule has 148 valence electrons. The number of aromatic nitrogens is 3. The van der Waals surface area contributed by atoms with Crippen LogP contribution in [0.4, 0.5) is 5.95 Å². The Hall–Kier alpha value is -2.48. The molecule has 1 aromatic heterocycles. The Bertz CT molecular complexity index is 980. The number of nitrogens with zero attached hydrogens (tertiary/aromatic N) is 3. The summed E-state index contributed by atoms with van der Waals surface area (Å²) in [6, 6.07) is 5.27. The molecule has 1 aliphatic heterocycles. The quantitative estimate of drug-likeness (QED) is 0.785. The van der Waals surface area contributed by atoms with Gasteiger partial charge in [0.25, 0.3) is 0 Å². The van der Waals surface area contributed by atoms with Gasteiger partial charge >= 0.3 is 0 Å². The van der Waals surface area contributed by atoms with Gasteiger partial charge in [0.1, 0.15) is 17.5 Å². The van der Waals surface area contributed by atoms with Gasteiger partial charge in [0.05, 0.1) is 14.2 Å². The van der Waals surface area contributed by atoms with Crippen molar-refractivity contribution in [2.24, 2.45) is 5.41 Å². The molecule has 0 saturated heterocycles. The third-order valence-electron chi connectivity index (χ3n) is 5.23. The van der Waals surface area contributed by atoms with Crippen molar-refractivity contribution in [3.63, 3.8) is 0 Å². The van der Waals surface area contributed by atoms with Crippen molar-refractivity contribution in [3.05, 3.63) is 35.0 Å². The Balaban J connectivity index is 1.93. The van der Waals surface area contributed by atoms with Crippen molar-refractivity contribution in [1.82, 2.24) is 14.8 Å². The van der Waals surface area contributed by atoms with Crippen LogP contribution in [0, 0.1) is 5.41 Å². The lowest BCUT2D eigenvalue weighted by atomic mass is 9.73. The molecule has 1 N–H and O–H groups in total. The second-order valence-electron chi connectivity index (χ2n) is 7.84. The first-order chi connectivity index (χ1) is 13.4. The van der Waals surface area contributed by atoms with Gasteiger partial charge in [0.15, 0.2) is 5.78 Å². The Kier molecular flexibility index (Phi) is 4.61. The van der Waals surface area contributed by atoms with Crippen molar-refractivity contribution < 1.29 is 14.3 Å². The van der Waals surface area contributed by atoms with Gasteiger partial charge in [-0.15, -0.1) is 5.10 Å². The third kappa shape index (κ3) is 3.05. The summed E-state index contributed by atoms with van der Waals surface area (Å²) in [5.74, 6) is 2.14. The number of carbonyl (C=O) groups is 1. The normalized spacial score (nSPS) is 20.3. The van der Waals surface area contributed by atoms with Crippen LogP contribution in [0.2, 0.25) is 0 Å². The van der Waals surface area contributed by atoms with E-state index in [9.17, 15) is 4.79 Å². The summed E-state index contributed by atoms with van der Waals surface area (Å²) in [4.78, 5) is 17.8. The van der Waals surface area contributed by atoms with Crippen LogP contribution in [-0.4, -0.2) is 41.0 Å². The molecule has 1 aromatic carbocycles. The van der Waals surface area contributed by atoms with Crippen molar-refractivity contribution in [1.29, 1.82) is 0 Å². The molecular formula is C20H24N4O3S. The van der Waals surface area contributed by atoms with Crippen molar-refractivity contribution in [3.8, 4) is 11.5 Å². The number of Topliss-reactive ketones (excluding diaryl/α,β-unsaturated/α-hetero) is 1. The highest BCUT2D eigenvalue weighted by atomic mass is 32.2. The van der Waals surface area contributed by atoms with Crippen molar-refractivity contribution in [2.75, 3.05) is 25.8 Å². The predicted molar refractivity (Wildman–Crippen MR) is 108 cm³/mol. The molecule has 2 heterocycles. The Morgan fingerprint density at radius 2 is 2.04 bits per heavy atom. The number of rotatable bonds is 4. The first-order valence-electron chi connectivity index (χ1n) is 9.12. The van der Waals surface area contributed by atoms with Gasteiger partial charge in [0, 0.05) is 29.3 Å². The number of methoxy groups -OCH3 is 2. The number of hydrogen-bond acceptors (Lipinski definition) is 7. The predicted octanol–water partition coefficient (Wildman–Crippen LogP) is 3.68. The molecule has 0 fully saturated rings. The van der Waals surface area contributed by atoms with Crippen LogP contribution >= 0.6 is 11.8 Å². The van der Waals surface area contributed by atoms with Gasteiger partial charge < -0.3 is 14.8 Å². The minimum Gasteiger partial charge on any atom is -0.497 e. The lowest BCUT2D eigenvalue weighted by molar-refractivity contribution is -0.118. The highest BCUT2D eigenvalue weighted by molar-refractivity contribution is 7.98. The molecule has 0 unspecified atom stereocenters. The largest absolute Gasteiger partial charge is 0.497 e. The third-order valence-corrected chi connectivity index (χ3v) is 5.77. The van der Waals surface area contributed by atoms with E-state index in [1.54, 1.807) is 18.9 Å². The van der Waals surface area contributed by atoms with E-state index in [2.05, 4.69) is 29.2 Å². The number of allylic oxidation sites excluding steroid dienone is 2. The lowest BCUT2D eigenvalue weighted by Gasteiger charge is -2.38. The van der Waals surface area contributed by atoms with Gasteiger partial charge in [-0.05, 0) is 30.2 Å². The van der Waals surface area contributed by atoms with Crippen LogP contribution in [0.3, 0.4) is 0 Å². The first-order valence-corrected chi connectivity index (χ1v) is 10.3. The second-order valence-corrected chi connectivity index (χ2v) is 8.61. The second kappa shape index (κ2) is 6.84. The van der Waals surface area contributed by atoms with Crippen LogP contribution in [-0.2, 0) is 4.79 Å². The highest BCUT2D eigenvalue weighted by Gasteiger charge is 2.42. The van der Waals surface area contributed by atoms with Crippen LogP contribution in [0.5, 0.6) is 11.5 Å². The monoisotopic (exact) mass is 400 g/mol. The number of benzene rings is 1. The number of nitrogens with one attached hydrogen (secondary N) is 1. The molecule has 2 aromatic rings. The van der Waals surface area contributed by atoms with Crippen LogP contribution in [0.15, 0.2) is 34.6 Å². The van der Waals surface area contributed by atoms with E-state index in [0.717, 1.165) is 23.3 Å². The standard InChI is InChI=1S/C20H24N4O3S/c1-20(2)9-13-16(14(25)10-20)17(24-18(21-13)22-19(23-24)28-5)12-7-6-11(26-3)8-15(12)27-4/h6-8,17H,9-10H2,1-5H3,(H,21,22,23)/t17-/m1/s1. The maximum Gasteiger partial charge on any atom is 0.227 e. The van der Waals surface area contributed by atoms with E-state index < -0.39 is 0 Å². The number of fused-ring (bicyclic) bond motifs is 1. The van der Waals surface area contributed by atoms with Crippen molar-refractivity contribution in [2.45, 2.75) is 37.9 Å². The molecular weight excluding hydrogens is 376 g/mol. The average Bonchev–Trinajstić information content (AvgIpc) is 3.07. The molecule has 7 nitrogen and oxygen atoms in total. The van der Waals surface area contributed by atoms with E-state index in [4.69, 9.17) is 9.47 Å². The molecule has 1 aliphatic carbocycles. The van der Waals surface area contributed by atoms with Crippen molar-refractivity contribution >= 4 is 23.5 Å². The number of carbonyl (C=O) groups excluding carboxylic acids is 1. The molecule has 4 rings (SSSR count). The zero-order valence-electron chi connectivity index (χ0n) is 16.7.